The number of carbonyl (C=O) groups excluding carboxylic acids is 1. The highest BCUT2D eigenvalue weighted by Crippen LogP contribution is 2.15. The molecule has 1 atom stereocenters. The van der Waals surface area contributed by atoms with Crippen LogP contribution in [0.4, 0.5) is 0 Å². The monoisotopic (exact) mass is 410 g/mol. The first-order chi connectivity index (χ1) is 13.4. The van der Waals surface area contributed by atoms with E-state index < -0.39 is 10.0 Å². The van der Waals surface area contributed by atoms with Crippen LogP contribution in [0.3, 0.4) is 0 Å². The van der Waals surface area contributed by atoms with Gasteiger partial charge in [-0.25, -0.2) is 13.1 Å². The molecular weight excluding hydrogens is 376 g/mol. The lowest BCUT2D eigenvalue weighted by Crippen LogP contribution is -2.32. The summed E-state index contributed by atoms with van der Waals surface area (Å²) < 4.78 is 33.0. The summed E-state index contributed by atoms with van der Waals surface area (Å²) in [6.45, 7) is 6.00. The number of carbonyl (C=O) groups is 1. The molecule has 0 spiro atoms. The summed E-state index contributed by atoms with van der Waals surface area (Å²) in [4.78, 5) is 12.4. The first-order valence-corrected chi connectivity index (χ1v) is 11.9. The molecule has 1 aliphatic rings. The van der Waals surface area contributed by atoms with E-state index in [0.29, 0.717) is 18.7 Å². The summed E-state index contributed by atoms with van der Waals surface area (Å²) in [5.74, 6) is 0.502. The van der Waals surface area contributed by atoms with Crippen molar-refractivity contribution in [3.8, 4) is 0 Å². The molecule has 1 aliphatic heterocycles. The molecule has 158 valence electrons. The number of unbranched alkanes of at least 4 members (excludes halogenated alkanes) is 3. The van der Waals surface area contributed by atoms with Crippen LogP contribution in [0.5, 0.6) is 0 Å². The minimum Gasteiger partial charge on any atom is -0.377 e. The van der Waals surface area contributed by atoms with Gasteiger partial charge in [0.15, 0.2) is 0 Å². The Bertz CT molecular complexity index is 713. The average Bonchev–Trinajstić information content (AvgIpc) is 3.19. The second-order valence-corrected chi connectivity index (χ2v) is 9.63. The Labute approximate surface area is 169 Å². The van der Waals surface area contributed by atoms with Crippen molar-refractivity contribution in [2.75, 3.05) is 19.7 Å². The van der Waals surface area contributed by atoms with Gasteiger partial charge in [-0.2, -0.15) is 0 Å². The van der Waals surface area contributed by atoms with Gasteiger partial charge in [0.1, 0.15) is 0 Å². The minimum absolute atomic E-state index is 0.0678. The molecule has 0 radical (unpaired) electrons. The summed E-state index contributed by atoms with van der Waals surface area (Å²) in [6.07, 6.45) is 7.43. The van der Waals surface area contributed by atoms with E-state index >= 15 is 0 Å². The van der Waals surface area contributed by atoms with Crippen LogP contribution in [0.15, 0.2) is 29.2 Å². The predicted octanol–water partition coefficient (Wildman–Crippen LogP) is 3.48. The Hall–Kier alpha value is -1.44. The second-order valence-electron chi connectivity index (χ2n) is 7.87. The van der Waals surface area contributed by atoms with E-state index in [4.69, 9.17) is 4.74 Å². The third-order valence-electron chi connectivity index (χ3n) is 4.93. The summed E-state index contributed by atoms with van der Waals surface area (Å²) in [5, 5.41) is 2.88. The Morgan fingerprint density at radius 1 is 1.21 bits per heavy atom. The maximum Gasteiger partial charge on any atom is 0.251 e. The summed E-state index contributed by atoms with van der Waals surface area (Å²) >= 11 is 0. The topological polar surface area (TPSA) is 84.5 Å². The summed E-state index contributed by atoms with van der Waals surface area (Å²) in [7, 11) is -3.66. The molecule has 28 heavy (non-hydrogen) atoms. The van der Waals surface area contributed by atoms with Gasteiger partial charge >= 0.3 is 0 Å². The zero-order valence-corrected chi connectivity index (χ0v) is 17.9. The van der Waals surface area contributed by atoms with Crippen LogP contribution >= 0.6 is 0 Å². The largest absolute Gasteiger partial charge is 0.377 e. The zero-order chi connectivity index (χ0) is 20.4. The number of nitrogens with one attached hydrogen (secondary N) is 2. The molecule has 1 heterocycles. The van der Waals surface area contributed by atoms with E-state index in [9.17, 15) is 13.2 Å². The fraction of sp³-hybridized carbons (Fsp3) is 0.667. The quantitative estimate of drug-likeness (QED) is 0.517. The molecule has 0 saturated carbocycles. The van der Waals surface area contributed by atoms with E-state index in [0.717, 1.165) is 31.6 Å². The van der Waals surface area contributed by atoms with Crippen molar-refractivity contribution in [1.82, 2.24) is 10.0 Å². The van der Waals surface area contributed by atoms with Crippen molar-refractivity contribution < 1.29 is 17.9 Å². The molecule has 1 saturated heterocycles. The fourth-order valence-electron chi connectivity index (χ4n) is 3.23. The Morgan fingerprint density at radius 2 is 2.00 bits per heavy atom. The third-order valence-corrected chi connectivity index (χ3v) is 6.35. The number of hydrogen-bond acceptors (Lipinski definition) is 4. The molecule has 1 aromatic rings. The number of benzene rings is 1. The van der Waals surface area contributed by atoms with Crippen LogP contribution in [0.25, 0.3) is 0 Å². The number of hydrogen-bond donors (Lipinski definition) is 2. The van der Waals surface area contributed by atoms with Gasteiger partial charge in [0.05, 0.1) is 11.0 Å². The molecule has 2 N–H and O–H groups in total. The number of sulfonamides is 1. The van der Waals surface area contributed by atoms with Gasteiger partial charge in [-0.3, -0.25) is 4.79 Å². The van der Waals surface area contributed by atoms with Crippen molar-refractivity contribution in [2.45, 2.75) is 69.8 Å². The van der Waals surface area contributed by atoms with Crippen molar-refractivity contribution in [2.24, 2.45) is 5.92 Å². The predicted molar refractivity (Wildman–Crippen MR) is 111 cm³/mol. The van der Waals surface area contributed by atoms with Gasteiger partial charge in [-0.15, -0.1) is 0 Å². The van der Waals surface area contributed by atoms with Crippen molar-refractivity contribution in [3.05, 3.63) is 29.8 Å². The lowest BCUT2D eigenvalue weighted by molar-refractivity contribution is 0.0952. The van der Waals surface area contributed by atoms with Crippen LogP contribution in [-0.2, 0) is 14.8 Å². The van der Waals surface area contributed by atoms with Gasteiger partial charge in [-0.1, -0.05) is 45.6 Å². The third kappa shape index (κ3) is 7.89. The van der Waals surface area contributed by atoms with Crippen molar-refractivity contribution in [1.29, 1.82) is 0 Å². The highest BCUT2D eigenvalue weighted by Gasteiger charge is 2.21. The highest BCUT2D eigenvalue weighted by molar-refractivity contribution is 7.89. The van der Waals surface area contributed by atoms with Crippen molar-refractivity contribution in [3.63, 3.8) is 0 Å². The molecule has 0 bridgehead atoms. The van der Waals surface area contributed by atoms with Crippen LogP contribution < -0.4 is 10.0 Å². The van der Waals surface area contributed by atoms with Gasteiger partial charge in [0, 0.05) is 25.3 Å². The maximum atomic E-state index is 12.5. The fourth-order valence-corrected chi connectivity index (χ4v) is 4.34. The first kappa shape index (κ1) is 22.8. The lowest BCUT2D eigenvalue weighted by Gasteiger charge is -2.12. The number of amides is 1. The maximum absolute atomic E-state index is 12.5. The molecule has 7 heteroatoms. The van der Waals surface area contributed by atoms with E-state index in [1.54, 1.807) is 12.1 Å². The lowest BCUT2D eigenvalue weighted by atomic mass is 10.0. The van der Waals surface area contributed by atoms with Gasteiger partial charge in [-0.05, 0) is 43.4 Å². The smallest absolute Gasteiger partial charge is 0.251 e. The molecular formula is C21H34N2O4S. The standard InChI is InChI=1S/C21H34N2O4S/c1-17(2)9-5-3-4-6-13-22-21(24)18-10-7-12-20(15-18)28(25,26)23-16-19-11-8-14-27-19/h7,10,12,15,17,19,23H,3-6,8-9,11,13-14,16H2,1-2H3,(H,22,24). The van der Waals surface area contributed by atoms with Gasteiger partial charge in [0.2, 0.25) is 10.0 Å². The SMILES string of the molecule is CC(C)CCCCCCNC(=O)c1cccc(S(=O)(=O)NCC2CCCO2)c1. The van der Waals surface area contributed by atoms with Crippen LogP contribution in [0.2, 0.25) is 0 Å². The van der Waals surface area contributed by atoms with Gasteiger partial charge < -0.3 is 10.1 Å². The van der Waals surface area contributed by atoms with Crippen LogP contribution in [0.1, 0.15) is 69.2 Å². The molecule has 1 amide bonds. The number of ether oxygens (including phenoxy) is 1. The molecule has 0 aliphatic carbocycles. The minimum atomic E-state index is -3.66. The second kappa shape index (κ2) is 11.5. The van der Waals surface area contributed by atoms with Crippen molar-refractivity contribution >= 4 is 15.9 Å². The van der Waals surface area contributed by atoms with E-state index in [-0.39, 0.29) is 23.5 Å². The first-order valence-electron chi connectivity index (χ1n) is 10.4. The molecule has 0 aromatic heterocycles. The molecule has 1 fully saturated rings. The highest BCUT2D eigenvalue weighted by atomic mass is 32.2. The van der Waals surface area contributed by atoms with E-state index in [2.05, 4.69) is 23.9 Å². The Morgan fingerprint density at radius 3 is 2.71 bits per heavy atom. The van der Waals surface area contributed by atoms with E-state index in [1.165, 1.54) is 31.4 Å². The van der Waals surface area contributed by atoms with E-state index in [1.807, 2.05) is 0 Å². The van der Waals surface area contributed by atoms with Crippen LogP contribution in [0, 0.1) is 5.92 Å². The molecule has 2 rings (SSSR count). The number of rotatable bonds is 12. The summed E-state index contributed by atoms with van der Waals surface area (Å²) in [5.41, 5.74) is 0.361. The van der Waals surface area contributed by atoms with Gasteiger partial charge in [0.25, 0.3) is 5.91 Å². The molecule has 1 aromatic carbocycles. The zero-order valence-electron chi connectivity index (χ0n) is 17.1. The molecule has 6 nitrogen and oxygen atoms in total. The normalized spacial score (nSPS) is 17.2. The Kier molecular flexibility index (Phi) is 9.41. The Balaban J connectivity index is 1.78. The summed E-state index contributed by atoms with van der Waals surface area (Å²) in [6, 6.07) is 6.16. The van der Waals surface area contributed by atoms with Crippen LogP contribution in [-0.4, -0.2) is 40.1 Å². The average molecular weight is 411 g/mol. The molecule has 1 unspecified atom stereocenters.